The van der Waals surface area contributed by atoms with E-state index in [9.17, 15) is 4.79 Å². The van der Waals surface area contributed by atoms with Crippen molar-refractivity contribution < 1.29 is 9.53 Å². The molecule has 0 aromatic heterocycles. The summed E-state index contributed by atoms with van der Waals surface area (Å²) in [6.45, 7) is 7.21. The zero-order chi connectivity index (χ0) is 16.7. The van der Waals surface area contributed by atoms with Gasteiger partial charge in [-0.3, -0.25) is 0 Å². The first-order valence-electron chi connectivity index (χ1n) is 7.83. The van der Waals surface area contributed by atoms with Crippen molar-refractivity contribution in [3.63, 3.8) is 0 Å². The third-order valence-electron chi connectivity index (χ3n) is 3.60. The highest BCUT2D eigenvalue weighted by Gasteiger charge is 1.99. The molecule has 2 aromatic carbocycles. The predicted octanol–water partition coefficient (Wildman–Crippen LogP) is 4.49. The lowest BCUT2D eigenvalue weighted by atomic mass is 10.1. The minimum Gasteiger partial charge on any atom is -0.463 e. The van der Waals surface area contributed by atoms with E-state index >= 15 is 0 Å². The third-order valence-corrected chi connectivity index (χ3v) is 3.60. The summed E-state index contributed by atoms with van der Waals surface area (Å²) in [5.41, 5.74) is 5.88. The maximum absolute atomic E-state index is 11.3. The van der Waals surface area contributed by atoms with Crippen LogP contribution in [0.3, 0.4) is 0 Å². The molecule has 0 aliphatic heterocycles. The molecule has 0 unspecified atom stereocenters. The largest absolute Gasteiger partial charge is 0.463 e. The SMILES string of the molecule is CCOC(=O)/C=C/c1ccc(NCc2cc(C)ccc2C)cc1. The summed E-state index contributed by atoms with van der Waals surface area (Å²) < 4.78 is 4.86. The highest BCUT2D eigenvalue weighted by molar-refractivity contribution is 5.87. The second-order valence-corrected chi connectivity index (χ2v) is 5.49. The Morgan fingerprint density at radius 3 is 2.57 bits per heavy atom. The number of anilines is 1. The molecule has 0 saturated carbocycles. The number of rotatable bonds is 6. The van der Waals surface area contributed by atoms with Crippen LogP contribution in [0.15, 0.2) is 48.5 Å². The Hall–Kier alpha value is -2.55. The lowest BCUT2D eigenvalue weighted by Crippen LogP contribution is -2.01. The quantitative estimate of drug-likeness (QED) is 0.631. The van der Waals surface area contributed by atoms with E-state index in [0.29, 0.717) is 6.61 Å². The van der Waals surface area contributed by atoms with Gasteiger partial charge in [-0.1, -0.05) is 35.9 Å². The molecule has 2 aromatic rings. The Labute approximate surface area is 138 Å². The van der Waals surface area contributed by atoms with Crippen LogP contribution in [-0.4, -0.2) is 12.6 Å². The van der Waals surface area contributed by atoms with Crippen LogP contribution < -0.4 is 5.32 Å². The number of ether oxygens (including phenoxy) is 1. The van der Waals surface area contributed by atoms with Gasteiger partial charge in [0.2, 0.25) is 0 Å². The smallest absolute Gasteiger partial charge is 0.330 e. The van der Waals surface area contributed by atoms with Crippen molar-refractivity contribution in [1.29, 1.82) is 0 Å². The van der Waals surface area contributed by atoms with Crippen molar-refractivity contribution >= 4 is 17.7 Å². The standard InChI is InChI=1S/C20H23NO2/c1-4-23-20(22)12-9-17-7-10-19(11-8-17)21-14-18-13-15(2)5-6-16(18)3/h5-13,21H,4,14H2,1-3H3/b12-9+. The van der Waals surface area contributed by atoms with Crippen LogP contribution in [-0.2, 0) is 16.1 Å². The number of nitrogens with one attached hydrogen (secondary N) is 1. The lowest BCUT2D eigenvalue weighted by Gasteiger charge is -2.10. The van der Waals surface area contributed by atoms with Crippen LogP contribution in [0.1, 0.15) is 29.2 Å². The summed E-state index contributed by atoms with van der Waals surface area (Å²) in [4.78, 5) is 11.3. The van der Waals surface area contributed by atoms with Crippen molar-refractivity contribution in [2.24, 2.45) is 0 Å². The molecular formula is C20H23NO2. The van der Waals surface area contributed by atoms with Gasteiger partial charge in [-0.15, -0.1) is 0 Å². The summed E-state index contributed by atoms with van der Waals surface area (Å²) in [7, 11) is 0. The van der Waals surface area contributed by atoms with Gasteiger partial charge in [-0.2, -0.15) is 0 Å². The topological polar surface area (TPSA) is 38.3 Å². The van der Waals surface area contributed by atoms with E-state index in [1.807, 2.05) is 24.3 Å². The van der Waals surface area contributed by atoms with Gasteiger partial charge in [0, 0.05) is 18.3 Å². The molecular weight excluding hydrogens is 286 g/mol. The number of esters is 1. The Morgan fingerprint density at radius 1 is 1.13 bits per heavy atom. The maximum atomic E-state index is 11.3. The van der Waals surface area contributed by atoms with E-state index in [2.05, 4.69) is 37.4 Å². The molecule has 0 aliphatic rings. The van der Waals surface area contributed by atoms with Crippen LogP contribution in [0.5, 0.6) is 0 Å². The van der Waals surface area contributed by atoms with Gasteiger partial charge in [-0.05, 0) is 55.7 Å². The molecule has 0 aliphatic carbocycles. The second kappa shape index (κ2) is 8.18. The number of benzene rings is 2. The monoisotopic (exact) mass is 309 g/mol. The zero-order valence-electron chi connectivity index (χ0n) is 13.9. The van der Waals surface area contributed by atoms with E-state index in [4.69, 9.17) is 4.74 Å². The van der Waals surface area contributed by atoms with Crippen molar-refractivity contribution in [1.82, 2.24) is 0 Å². The first-order chi connectivity index (χ1) is 11.1. The van der Waals surface area contributed by atoms with E-state index in [1.165, 1.54) is 22.8 Å². The number of carbonyl (C=O) groups is 1. The van der Waals surface area contributed by atoms with Crippen molar-refractivity contribution in [2.75, 3.05) is 11.9 Å². The van der Waals surface area contributed by atoms with Gasteiger partial charge in [0.1, 0.15) is 0 Å². The Morgan fingerprint density at radius 2 is 1.87 bits per heavy atom. The van der Waals surface area contributed by atoms with E-state index in [0.717, 1.165) is 17.8 Å². The molecule has 0 radical (unpaired) electrons. The molecule has 0 saturated heterocycles. The summed E-state index contributed by atoms with van der Waals surface area (Å²) in [6, 6.07) is 14.5. The molecule has 23 heavy (non-hydrogen) atoms. The molecule has 0 spiro atoms. The zero-order valence-corrected chi connectivity index (χ0v) is 13.9. The van der Waals surface area contributed by atoms with Gasteiger partial charge >= 0.3 is 5.97 Å². The summed E-state index contributed by atoms with van der Waals surface area (Å²) >= 11 is 0. The molecule has 2 rings (SSSR count). The first kappa shape index (κ1) is 16.8. The third kappa shape index (κ3) is 5.29. The molecule has 1 N–H and O–H groups in total. The van der Waals surface area contributed by atoms with Crippen LogP contribution in [0.2, 0.25) is 0 Å². The molecule has 0 bridgehead atoms. The summed E-state index contributed by atoms with van der Waals surface area (Å²) in [5.74, 6) is -0.315. The molecule has 120 valence electrons. The second-order valence-electron chi connectivity index (χ2n) is 5.49. The highest BCUT2D eigenvalue weighted by atomic mass is 16.5. The summed E-state index contributed by atoms with van der Waals surface area (Å²) in [5, 5.41) is 3.43. The molecule has 0 amide bonds. The van der Waals surface area contributed by atoms with Gasteiger partial charge in [0.05, 0.1) is 6.61 Å². The Kier molecular flexibility index (Phi) is 5.98. The molecule has 0 heterocycles. The molecule has 3 heteroatoms. The number of hydrogen-bond donors (Lipinski definition) is 1. The van der Waals surface area contributed by atoms with E-state index < -0.39 is 0 Å². The molecule has 0 atom stereocenters. The fourth-order valence-corrected chi connectivity index (χ4v) is 2.25. The Balaban J connectivity index is 1.95. The van der Waals surface area contributed by atoms with Gasteiger partial charge in [0.15, 0.2) is 0 Å². The minimum atomic E-state index is -0.315. The van der Waals surface area contributed by atoms with Crippen molar-refractivity contribution in [2.45, 2.75) is 27.3 Å². The van der Waals surface area contributed by atoms with Gasteiger partial charge < -0.3 is 10.1 Å². The van der Waals surface area contributed by atoms with Crippen LogP contribution in [0, 0.1) is 13.8 Å². The van der Waals surface area contributed by atoms with Gasteiger partial charge in [0.25, 0.3) is 0 Å². The van der Waals surface area contributed by atoms with Gasteiger partial charge in [-0.25, -0.2) is 4.79 Å². The number of carbonyl (C=O) groups excluding carboxylic acids is 1. The molecule has 0 fully saturated rings. The predicted molar refractivity (Wildman–Crippen MR) is 95.4 cm³/mol. The maximum Gasteiger partial charge on any atom is 0.330 e. The fourth-order valence-electron chi connectivity index (χ4n) is 2.25. The van der Waals surface area contributed by atoms with Crippen LogP contribution >= 0.6 is 0 Å². The molecule has 3 nitrogen and oxygen atoms in total. The summed E-state index contributed by atoms with van der Waals surface area (Å²) in [6.07, 6.45) is 3.20. The number of aryl methyl sites for hydroxylation is 2. The van der Waals surface area contributed by atoms with Crippen molar-refractivity contribution in [3.8, 4) is 0 Å². The number of hydrogen-bond acceptors (Lipinski definition) is 3. The first-order valence-corrected chi connectivity index (χ1v) is 7.83. The average Bonchev–Trinajstić information content (AvgIpc) is 2.55. The Bertz CT molecular complexity index is 687. The lowest BCUT2D eigenvalue weighted by molar-refractivity contribution is -0.137. The van der Waals surface area contributed by atoms with Crippen LogP contribution in [0.25, 0.3) is 6.08 Å². The van der Waals surface area contributed by atoms with E-state index in [-0.39, 0.29) is 5.97 Å². The van der Waals surface area contributed by atoms with Crippen LogP contribution in [0.4, 0.5) is 5.69 Å². The average molecular weight is 309 g/mol. The highest BCUT2D eigenvalue weighted by Crippen LogP contribution is 2.15. The minimum absolute atomic E-state index is 0.315. The van der Waals surface area contributed by atoms with Crippen molar-refractivity contribution in [3.05, 3.63) is 70.8 Å². The van der Waals surface area contributed by atoms with E-state index in [1.54, 1.807) is 13.0 Å². The fraction of sp³-hybridized carbons (Fsp3) is 0.250. The normalized spacial score (nSPS) is 10.7.